The lowest BCUT2D eigenvalue weighted by Gasteiger charge is -2.22. The topological polar surface area (TPSA) is 86.5 Å². The van der Waals surface area contributed by atoms with Gasteiger partial charge in [0.25, 0.3) is 15.8 Å². The van der Waals surface area contributed by atoms with Gasteiger partial charge in [0.2, 0.25) is 0 Å². The summed E-state index contributed by atoms with van der Waals surface area (Å²) in [6.45, 7) is 11.9. The molecule has 0 aliphatic rings. The second kappa shape index (κ2) is 9.05. The van der Waals surface area contributed by atoms with Gasteiger partial charge in [0.05, 0.1) is 11.5 Å². The van der Waals surface area contributed by atoms with E-state index in [1.165, 1.54) is 24.3 Å². The maximum absolute atomic E-state index is 13.2. The van der Waals surface area contributed by atoms with Gasteiger partial charge in [-0.15, -0.1) is 0 Å². The first-order valence-electron chi connectivity index (χ1n) is 9.74. The molecule has 7 heteroatoms. The van der Waals surface area contributed by atoms with Gasteiger partial charge >= 0.3 is 0 Å². The summed E-state index contributed by atoms with van der Waals surface area (Å²) in [5, 5.41) is 10.8. The standard InChI is InChI=1S/C22H29NO5S/c1-14(2)18-11-20(15(3)4)22(21(12-18)16(5)6)29(26,27)28-13-17-7-9-19(10-8-17)23(24)25/h7-12,14-16H,13H2,1-6H3. The molecule has 0 N–H and O–H groups in total. The number of rotatable bonds is 8. The van der Waals surface area contributed by atoms with Crippen molar-refractivity contribution in [2.24, 2.45) is 0 Å². The highest BCUT2D eigenvalue weighted by Crippen LogP contribution is 2.36. The molecule has 2 aromatic rings. The van der Waals surface area contributed by atoms with Crippen molar-refractivity contribution < 1.29 is 17.5 Å². The van der Waals surface area contributed by atoms with Gasteiger partial charge in [0, 0.05) is 12.1 Å². The summed E-state index contributed by atoms with van der Waals surface area (Å²) in [5.41, 5.74) is 3.11. The largest absolute Gasteiger partial charge is 0.297 e. The Morgan fingerprint density at radius 3 is 1.76 bits per heavy atom. The monoisotopic (exact) mass is 419 g/mol. The van der Waals surface area contributed by atoms with Crippen molar-refractivity contribution >= 4 is 15.8 Å². The van der Waals surface area contributed by atoms with E-state index >= 15 is 0 Å². The number of non-ortho nitro benzene ring substituents is 1. The maximum Gasteiger partial charge on any atom is 0.297 e. The van der Waals surface area contributed by atoms with E-state index in [1.807, 2.05) is 39.8 Å². The van der Waals surface area contributed by atoms with E-state index in [0.29, 0.717) is 5.56 Å². The van der Waals surface area contributed by atoms with Gasteiger partial charge in [-0.25, -0.2) is 0 Å². The first-order chi connectivity index (χ1) is 13.4. The summed E-state index contributed by atoms with van der Waals surface area (Å²) in [7, 11) is -4.01. The molecule has 2 aromatic carbocycles. The Bertz CT molecular complexity index is 948. The van der Waals surface area contributed by atoms with Crippen molar-refractivity contribution in [1.82, 2.24) is 0 Å². The Balaban J connectivity index is 2.45. The summed E-state index contributed by atoms with van der Waals surface area (Å²) in [6.07, 6.45) is 0. The van der Waals surface area contributed by atoms with Crippen molar-refractivity contribution in [3.63, 3.8) is 0 Å². The average molecular weight is 420 g/mol. The minimum atomic E-state index is -4.01. The van der Waals surface area contributed by atoms with E-state index in [9.17, 15) is 18.5 Å². The predicted molar refractivity (Wildman–Crippen MR) is 114 cm³/mol. The van der Waals surface area contributed by atoms with Crippen LogP contribution < -0.4 is 0 Å². The van der Waals surface area contributed by atoms with Crippen molar-refractivity contribution in [1.29, 1.82) is 0 Å². The molecule has 29 heavy (non-hydrogen) atoms. The molecule has 158 valence electrons. The number of nitro groups is 1. The Kier molecular flexibility index (Phi) is 7.19. The fourth-order valence-electron chi connectivity index (χ4n) is 3.10. The summed E-state index contributed by atoms with van der Waals surface area (Å²) >= 11 is 0. The third-order valence-corrected chi connectivity index (χ3v) is 6.26. The molecule has 6 nitrogen and oxygen atoms in total. The van der Waals surface area contributed by atoms with Crippen molar-refractivity contribution in [2.75, 3.05) is 0 Å². The summed E-state index contributed by atoms with van der Waals surface area (Å²) in [4.78, 5) is 10.5. The summed E-state index contributed by atoms with van der Waals surface area (Å²) in [5.74, 6) is 0.306. The Morgan fingerprint density at radius 1 is 0.897 bits per heavy atom. The van der Waals surface area contributed by atoms with E-state index in [0.717, 1.165) is 16.7 Å². The summed E-state index contributed by atoms with van der Waals surface area (Å²) < 4.78 is 31.8. The maximum atomic E-state index is 13.2. The van der Waals surface area contributed by atoms with Crippen LogP contribution in [0.25, 0.3) is 0 Å². The quantitative estimate of drug-likeness (QED) is 0.303. The predicted octanol–water partition coefficient (Wildman–Crippen LogP) is 5.87. The highest BCUT2D eigenvalue weighted by molar-refractivity contribution is 7.86. The Morgan fingerprint density at radius 2 is 1.38 bits per heavy atom. The molecule has 0 amide bonds. The molecule has 0 bridgehead atoms. The minimum Gasteiger partial charge on any atom is -0.262 e. The normalized spacial score (nSPS) is 12.2. The van der Waals surface area contributed by atoms with Crippen LogP contribution in [-0.2, 0) is 20.9 Å². The molecule has 0 aliphatic heterocycles. The molecule has 0 unspecified atom stereocenters. The molecule has 0 radical (unpaired) electrons. The number of nitrogens with zero attached hydrogens (tertiary/aromatic N) is 1. The Labute approximate surface area is 173 Å². The van der Waals surface area contributed by atoms with Crippen LogP contribution in [0.5, 0.6) is 0 Å². The lowest BCUT2D eigenvalue weighted by Crippen LogP contribution is -2.15. The molecule has 0 fully saturated rings. The van der Waals surface area contributed by atoms with E-state index < -0.39 is 15.0 Å². The minimum absolute atomic E-state index is 0.0129. The van der Waals surface area contributed by atoms with Crippen LogP contribution in [0.1, 0.15) is 81.5 Å². The first-order valence-corrected chi connectivity index (χ1v) is 11.1. The molecule has 0 atom stereocenters. The number of hydrogen-bond donors (Lipinski definition) is 0. The van der Waals surface area contributed by atoms with Crippen LogP contribution in [0.2, 0.25) is 0 Å². The van der Waals surface area contributed by atoms with Gasteiger partial charge in [-0.2, -0.15) is 8.42 Å². The van der Waals surface area contributed by atoms with E-state index in [-0.39, 0.29) is 34.9 Å². The molecule has 0 spiro atoms. The van der Waals surface area contributed by atoms with Crippen LogP contribution >= 0.6 is 0 Å². The lowest BCUT2D eigenvalue weighted by atomic mass is 9.89. The molecule has 0 heterocycles. The molecular formula is C22H29NO5S. The molecule has 0 saturated carbocycles. The van der Waals surface area contributed by atoms with E-state index in [1.54, 1.807) is 0 Å². The van der Waals surface area contributed by atoms with Gasteiger partial charge < -0.3 is 0 Å². The van der Waals surface area contributed by atoms with Crippen molar-refractivity contribution in [3.05, 3.63) is 68.8 Å². The van der Waals surface area contributed by atoms with Gasteiger partial charge in [-0.3, -0.25) is 14.3 Å². The van der Waals surface area contributed by atoms with Gasteiger partial charge in [-0.05, 0) is 52.1 Å². The van der Waals surface area contributed by atoms with E-state index in [4.69, 9.17) is 4.18 Å². The third kappa shape index (κ3) is 5.42. The SMILES string of the molecule is CC(C)c1cc(C(C)C)c(S(=O)(=O)OCc2ccc([N+](=O)[O-])cc2)c(C(C)C)c1. The second-order valence-electron chi connectivity index (χ2n) is 8.13. The fraction of sp³-hybridized carbons (Fsp3) is 0.455. The van der Waals surface area contributed by atoms with Crippen LogP contribution in [-0.4, -0.2) is 13.3 Å². The molecule has 0 aliphatic carbocycles. The van der Waals surface area contributed by atoms with E-state index in [2.05, 4.69) is 13.8 Å². The zero-order valence-electron chi connectivity index (χ0n) is 17.8. The van der Waals surface area contributed by atoms with Gasteiger partial charge in [0.15, 0.2) is 0 Å². The molecule has 2 rings (SSSR count). The van der Waals surface area contributed by atoms with Crippen LogP contribution in [0.3, 0.4) is 0 Å². The third-order valence-electron chi connectivity index (χ3n) is 4.86. The number of hydrogen-bond acceptors (Lipinski definition) is 5. The lowest BCUT2D eigenvalue weighted by molar-refractivity contribution is -0.384. The number of benzene rings is 2. The van der Waals surface area contributed by atoms with Crippen molar-refractivity contribution in [2.45, 2.75) is 70.8 Å². The second-order valence-corrected chi connectivity index (χ2v) is 9.68. The van der Waals surface area contributed by atoms with Crippen LogP contribution in [0.4, 0.5) is 5.69 Å². The Hall–Kier alpha value is -2.25. The smallest absolute Gasteiger partial charge is 0.262 e. The van der Waals surface area contributed by atoms with Gasteiger partial charge in [0.1, 0.15) is 4.90 Å². The zero-order valence-corrected chi connectivity index (χ0v) is 18.6. The average Bonchev–Trinajstić information content (AvgIpc) is 2.65. The van der Waals surface area contributed by atoms with Gasteiger partial charge in [-0.1, -0.05) is 53.7 Å². The zero-order chi connectivity index (χ0) is 21.9. The molecular weight excluding hydrogens is 390 g/mol. The number of nitro benzene ring substituents is 1. The van der Waals surface area contributed by atoms with Crippen molar-refractivity contribution in [3.8, 4) is 0 Å². The highest BCUT2D eigenvalue weighted by atomic mass is 32.2. The first kappa shape index (κ1) is 23.0. The van der Waals surface area contributed by atoms with Crippen LogP contribution in [0, 0.1) is 10.1 Å². The molecule has 0 aromatic heterocycles. The summed E-state index contributed by atoms with van der Waals surface area (Å²) in [6, 6.07) is 9.60. The highest BCUT2D eigenvalue weighted by Gasteiger charge is 2.28. The molecule has 0 saturated heterocycles. The van der Waals surface area contributed by atoms with Crippen LogP contribution in [0.15, 0.2) is 41.3 Å². The fourth-order valence-corrected chi connectivity index (χ4v) is 4.67.